The Kier molecular flexibility index (Phi) is 9.90. The van der Waals surface area contributed by atoms with Crippen LogP contribution >= 0.6 is 24.0 Å². The predicted molar refractivity (Wildman–Crippen MR) is 90.0 cm³/mol. The van der Waals surface area contributed by atoms with E-state index in [2.05, 4.69) is 15.0 Å². The fraction of sp³-hybridized carbons (Fsp3) is 0.462. The van der Waals surface area contributed by atoms with Gasteiger partial charge in [-0.05, 0) is 18.6 Å². The van der Waals surface area contributed by atoms with E-state index in [0.29, 0.717) is 17.9 Å². The average molecular weight is 433 g/mol. The molecule has 0 aliphatic rings. The molecule has 0 heterocycles. The lowest BCUT2D eigenvalue weighted by molar-refractivity contribution is -0.173. The maximum atomic E-state index is 11.8. The van der Waals surface area contributed by atoms with Crippen molar-refractivity contribution in [3.05, 3.63) is 24.3 Å². The van der Waals surface area contributed by atoms with Crippen LogP contribution < -0.4 is 15.8 Å². The number of anilines is 1. The molecule has 0 saturated heterocycles. The third-order valence-corrected chi connectivity index (χ3v) is 2.34. The smallest absolute Gasteiger partial charge is 0.411 e. The second-order valence-corrected chi connectivity index (χ2v) is 4.15. The molecule has 0 unspecified atom stereocenters. The first kappa shape index (κ1) is 20.8. The van der Waals surface area contributed by atoms with Gasteiger partial charge in [-0.3, -0.25) is 4.99 Å². The normalized spacial score (nSPS) is 11.7. The first-order valence-electron chi connectivity index (χ1n) is 6.26. The van der Waals surface area contributed by atoms with E-state index in [-0.39, 0.29) is 43.1 Å². The minimum atomic E-state index is -4.30. The molecule has 0 aromatic heterocycles. The minimum absolute atomic E-state index is 0. The number of nitrogens with zero attached hydrogens (tertiary/aromatic N) is 1. The molecule has 0 spiro atoms. The summed E-state index contributed by atoms with van der Waals surface area (Å²) in [5.41, 5.74) is 6.37. The lowest BCUT2D eigenvalue weighted by Crippen LogP contribution is -2.23. The Morgan fingerprint density at radius 1 is 1.36 bits per heavy atom. The molecular weight excluding hydrogens is 414 g/mol. The van der Waals surface area contributed by atoms with E-state index in [1.807, 2.05) is 0 Å². The van der Waals surface area contributed by atoms with Crippen molar-refractivity contribution in [1.29, 1.82) is 0 Å². The van der Waals surface area contributed by atoms with Crippen LogP contribution in [0.4, 0.5) is 18.9 Å². The van der Waals surface area contributed by atoms with E-state index in [1.165, 1.54) is 0 Å². The second kappa shape index (κ2) is 10.5. The molecule has 1 aromatic rings. The number of nitrogens with one attached hydrogen (secondary N) is 1. The molecule has 5 nitrogen and oxygen atoms in total. The number of hydrogen-bond donors (Lipinski definition) is 2. The van der Waals surface area contributed by atoms with Crippen LogP contribution in [0.1, 0.15) is 6.42 Å². The second-order valence-electron chi connectivity index (χ2n) is 4.15. The molecule has 0 saturated carbocycles. The molecule has 0 aliphatic carbocycles. The van der Waals surface area contributed by atoms with E-state index in [1.54, 1.807) is 31.4 Å². The molecule has 0 fully saturated rings. The van der Waals surface area contributed by atoms with Gasteiger partial charge in [-0.15, -0.1) is 24.0 Å². The Morgan fingerprint density at radius 2 is 2.09 bits per heavy atom. The minimum Gasteiger partial charge on any atom is -0.497 e. The zero-order valence-electron chi connectivity index (χ0n) is 12.0. The Hall–Kier alpha value is -1.23. The number of hydrogen-bond acceptors (Lipinski definition) is 3. The molecule has 0 radical (unpaired) electrons. The fourth-order valence-corrected chi connectivity index (χ4v) is 1.44. The van der Waals surface area contributed by atoms with Crippen LogP contribution in [0.15, 0.2) is 29.3 Å². The van der Waals surface area contributed by atoms with Crippen LogP contribution in [-0.4, -0.2) is 39.0 Å². The summed E-state index contributed by atoms with van der Waals surface area (Å²) in [4.78, 5) is 3.99. The van der Waals surface area contributed by atoms with E-state index in [4.69, 9.17) is 10.5 Å². The summed E-state index contributed by atoms with van der Waals surface area (Å²) in [6.07, 6.45) is -3.94. The molecule has 0 atom stereocenters. The van der Waals surface area contributed by atoms with E-state index in [0.717, 1.165) is 0 Å². The first-order valence-corrected chi connectivity index (χ1v) is 6.26. The number of guanidine groups is 1. The summed E-state index contributed by atoms with van der Waals surface area (Å²) >= 11 is 0. The summed E-state index contributed by atoms with van der Waals surface area (Å²) in [6, 6.07) is 7.11. The number of rotatable bonds is 7. The zero-order chi connectivity index (χ0) is 15.7. The van der Waals surface area contributed by atoms with Gasteiger partial charge in [0, 0.05) is 24.9 Å². The number of methoxy groups -OCH3 is 1. The highest BCUT2D eigenvalue weighted by atomic mass is 127. The lowest BCUT2D eigenvalue weighted by Gasteiger charge is -2.08. The molecule has 3 N–H and O–H groups in total. The van der Waals surface area contributed by atoms with Crippen LogP contribution in [0.3, 0.4) is 0 Å². The molecule has 0 bridgehead atoms. The average Bonchev–Trinajstić information content (AvgIpc) is 2.41. The molecule has 0 amide bonds. The van der Waals surface area contributed by atoms with Crippen molar-refractivity contribution in [2.45, 2.75) is 12.6 Å². The van der Waals surface area contributed by atoms with Crippen LogP contribution in [-0.2, 0) is 4.74 Å². The van der Waals surface area contributed by atoms with Crippen molar-refractivity contribution >= 4 is 35.6 Å². The van der Waals surface area contributed by atoms with Crippen LogP contribution in [0.5, 0.6) is 5.75 Å². The third-order valence-electron chi connectivity index (χ3n) is 2.34. The Morgan fingerprint density at radius 3 is 2.73 bits per heavy atom. The number of nitrogens with two attached hydrogens (primary N) is 1. The number of ether oxygens (including phenoxy) is 2. The lowest BCUT2D eigenvalue weighted by atomic mass is 10.3. The van der Waals surface area contributed by atoms with E-state index < -0.39 is 12.8 Å². The highest BCUT2D eigenvalue weighted by molar-refractivity contribution is 14.0. The fourth-order valence-electron chi connectivity index (χ4n) is 1.44. The van der Waals surface area contributed by atoms with Crippen molar-refractivity contribution in [3.63, 3.8) is 0 Å². The van der Waals surface area contributed by atoms with Gasteiger partial charge in [-0.25, -0.2) is 0 Å². The van der Waals surface area contributed by atoms with Gasteiger partial charge in [0.05, 0.1) is 7.11 Å². The molecule has 126 valence electrons. The monoisotopic (exact) mass is 433 g/mol. The van der Waals surface area contributed by atoms with Crippen molar-refractivity contribution in [1.82, 2.24) is 0 Å². The van der Waals surface area contributed by atoms with E-state index in [9.17, 15) is 13.2 Å². The number of halogens is 4. The van der Waals surface area contributed by atoms with Gasteiger partial charge in [0.1, 0.15) is 12.4 Å². The van der Waals surface area contributed by atoms with Crippen molar-refractivity contribution < 1.29 is 22.6 Å². The van der Waals surface area contributed by atoms with Gasteiger partial charge in [0.2, 0.25) is 0 Å². The summed E-state index contributed by atoms with van der Waals surface area (Å²) in [7, 11) is 1.55. The summed E-state index contributed by atoms with van der Waals surface area (Å²) in [5, 5.41) is 2.86. The molecule has 1 aromatic carbocycles. The Balaban J connectivity index is 0.00000441. The van der Waals surface area contributed by atoms with Crippen LogP contribution in [0.2, 0.25) is 0 Å². The SMILES string of the molecule is COc1cccc(NC(N)=NCCCOCC(F)(F)F)c1.I. The summed E-state index contributed by atoms with van der Waals surface area (Å²) in [6.45, 7) is -0.982. The standard InChI is InChI=1S/C13H18F3N3O2.HI/c1-20-11-5-2-4-10(8-11)19-12(17)18-6-3-7-21-9-13(14,15)16;/h2,4-5,8H,3,6-7,9H2,1H3,(H3,17,18,19);1H. The third kappa shape index (κ3) is 9.66. The molecule has 9 heteroatoms. The Bertz CT molecular complexity index is 470. The Labute approximate surface area is 144 Å². The number of benzene rings is 1. The molecule has 1 rings (SSSR count). The predicted octanol–water partition coefficient (Wildman–Crippen LogP) is 3.01. The highest BCUT2D eigenvalue weighted by Crippen LogP contribution is 2.16. The highest BCUT2D eigenvalue weighted by Gasteiger charge is 2.27. The molecular formula is C13H19F3IN3O2. The quantitative estimate of drug-likeness (QED) is 0.300. The topological polar surface area (TPSA) is 68.9 Å². The maximum Gasteiger partial charge on any atom is 0.411 e. The van der Waals surface area contributed by atoms with Crippen LogP contribution in [0, 0.1) is 0 Å². The van der Waals surface area contributed by atoms with Gasteiger partial charge >= 0.3 is 6.18 Å². The van der Waals surface area contributed by atoms with Crippen molar-refractivity contribution in [2.75, 3.05) is 32.2 Å². The maximum absolute atomic E-state index is 11.8. The van der Waals surface area contributed by atoms with Gasteiger partial charge in [-0.2, -0.15) is 13.2 Å². The van der Waals surface area contributed by atoms with E-state index >= 15 is 0 Å². The number of alkyl halides is 3. The number of aliphatic imine (C=N–C) groups is 1. The van der Waals surface area contributed by atoms with Gasteiger partial charge in [0.15, 0.2) is 5.96 Å². The van der Waals surface area contributed by atoms with Crippen LogP contribution in [0.25, 0.3) is 0 Å². The van der Waals surface area contributed by atoms with Gasteiger partial charge < -0.3 is 20.5 Å². The summed E-state index contributed by atoms with van der Waals surface area (Å²) in [5.74, 6) is 0.854. The molecule has 22 heavy (non-hydrogen) atoms. The molecule has 0 aliphatic heterocycles. The zero-order valence-corrected chi connectivity index (χ0v) is 14.4. The van der Waals surface area contributed by atoms with Gasteiger partial charge in [-0.1, -0.05) is 6.07 Å². The summed E-state index contributed by atoms with van der Waals surface area (Å²) < 4.78 is 44.9. The van der Waals surface area contributed by atoms with Gasteiger partial charge in [0.25, 0.3) is 0 Å². The van der Waals surface area contributed by atoms with Crippen molar-refractivity contribution in [2.24, 2.45) is 10.7 Å². The first-order chi connectivity index (χ1) is 9.90. The largest absolute Gasteiger partial charge is 0.497 e. The van der Waals surface area contributed by atoms with Crippen molar-refractivity contribution in [3.8, 4) is 5.75 Å².